The Bertz CT molecular complexity index is 1420. The molecule has 0 spiro atoms. The number of nitrogens with zero attached hydrogens (tertiary/aromatic N) is 6. The molecule has 1 aliphatic rings. The van der Waals surface area contributed by atoms with Crippen LogP contribution in [0, 0.1) is 0 Å². The molecular weight excluding hydrogens is 428 g/mol. The van der Waals surface area contributed by atoms with Crippen LogP contribution in [0.15, 0.2) is 64.6 Å². The summed E-state index contributed by atoms with van der Waals surface area (Å²) < 4.78 is 3.69. The van der Waals surface area contributed by atoms with E-state index in [9.17, 15) is 4.79 Å². The molecule has 9 nitrogen and oxygen atoms in total. The molecule has 9 heteroatoms. The van der Waals surface area contributed by atoms with Crippen molar-refractivity contribution in [1.82, 2.24) is 19.1 Å². The maximum absolute atomic E-state index is 12.9. The monoisotopic (exact) mass is 456 g/mol. The molecule has 0 atom stereocenters. The van der Waals surface area contributed by atoms with Crippen LogP contribution in [0.1, 0.15) is 11.1 Å². The third-order valence-corrected chi connectivity index (χ3v) is 6.00. The lowest BCUT2D eigenvalue weighted by Gasteiger charge is -2.17. The summed E-state index contributed by atoms with van der Waals surface area (Å²) in [4.78, 5) is 29.3. The summed E-state index contributed by atoms with van der Waals surface area (Å²) >= 11 is 0. The molecule has 2 N–H and O–H groups in total. The molecule has 0 saturated carbocycles. The Morgan fingerprint density at radius 2 is 1.79 bits per heavy atom. The Balaban J connectivity index is 1.51. The summed E-state index contributed by atoms with van der Waals surface area (Å²) in [5.41, 5.74) is 5.51. The van der Waals surface area contributed by atoms with Crippen molar-refractivity contribution in [3.63, 3.8) is 0 Å². The van der Waals surface area contributed by atoms with Gasteiger partial charge < -0.3 is 24.7 Å². The molecule has 0 amide bonds. The molecule has 0 unspecified atom stereocenters. The molecular formula is C25H28N8O. The van der Waals surface area contributed by atoms with Crippen LogP contribution in [0.25, 0.3) is 11.4 Å². The summed E-state index contributed by atoms with van der Waals surface area (Å²) in [6.07, 6.45) is 3.40. The number of para-hydroxylation sites is 1. The first kappa shape index (κ1) is 21.6. The Labute approximate surface area is 198 Å². The van der Waals surface area contributed by atoms with Crippen molar-refractivity contribution in [1.29, 1.82) is 0 Å². The van der Waals surface area contributed by atoms with Crippen molar-refractivity contribution < 1.29 is 0 Å². The Hall–Kier alpha value is -4.27. The molecule has 34 heavy (non-hydrogen) atoms. The third-order valence-electron chi connectivity index (χ3n) is 6.00. The fraction of sp³-hybridized carbons (Fsp3) is 0.240. The lowest BCUT2D eigenvalue weighted by atomic mass is 10.1. The molecule has 2 aromatic carbocycles. The third kappa shape index (κ3) is 3.85. The molecule has 3 heterocycles. The van der Waals surface area contributed by atoms with Gasteiger partial charge in [-0.05, 0) is 29.3 Å². The van der Waals surface area contributed by atoms with Gasteiger partial charge in [0.15, 0.2) is 5.82 Å². The van der Waals surface area contributed by atoms with E-state index in [1.54, 1.807) is 17.2 Å². The van der Waals surface area contributed by atoms with Crippen LogP contribution in [-0.2, 0) is 13.1 Å². The molecule has 0 saturated heterocycles. The van der Waals surface area contributed by atoms with E-state index in [0.717, 1.165) is 22.5 Å². The van der Waals surface area contributed by atoms with Gasteiger partial charge in [-0.1, -0.05) is 30.3 Å². The van der Waals surface area contributed by atoms with Crippen LogP contribution in [0.5, 0.6) is 0 Å². The van der Waals surface area contributed by atoms with Gasteiger partial charge in [0, 0.05) is 39.6 Å². The molecule has 1 aliphatic heterocycles. The first-order chi connectivity index (χ1) is 16.4. The van der Waals surface area contributed by atoms with E-state index in [1.165, 1.54) is 0 Å². The minimum atomic E-state index is -0.193. The van der Waals surface area contributed by atoms with Gasteiger partial charge in [0.2, 0.25) is 0 Å². The average Bonchev–Trinajstić information content (AvgIpc) is 3.29. The topological polar surface area (TPSA) is 86.5 Å². The standard InChI is InChI=1S/C25H28N8O/c1-30(2)19-10-7-8-17(12-19)13-33-24-22(29-25(33)34)21-23(26-15-27-24)32(16-28-21)14-18-9-5-6-11-20(18)31(3)4/h5-12,15-16H,13-14H2,1-4H3,(H,26,27)(H,29,34). The van der Waals surface area contributed by atoms with Crippen molar-refractivity contribution in [2.75, 3.05) is 43.3 Å². The van der Waals surface area contributed by atoms with Crippen LogP contribution in [0.2, 0.25) is 0 Å². The molecule has 0 fully saturated rings. The summed E-state index contributed by atoms with van der Waals surface area (Å²) in [5, 5.41) is 3.19. The largest absolute Gasteiger partial charge is 0.378 e. The fourth-order valence-corrected chi connectivity index (χ4v) is 4.28. The minimum Gasteiger partial charge on any atom is -0.378 e. The quantitative estimate of drug-likeness (QED) is 0.465. The molecule has 0 radical (unpaired) electrons. The van der Waals surface area contributed by atoms with Crippen molar-refractivity contribution in [2.45, 2.75) is 13.1 Å². The van der Waals surface area contributed by atoms with Gasteiger partial charge in [-0.15, -0.1) is 0 Å². The Morgan fingerprint density at radius 3 is 2.59 bits per heavy atom. The number of imidazole rings is 2. The van der Waals surface area contributed by atoms with E-state index in [4.69, 9.17) is 0 Å². The molecule has 0 aliphatic carbocycles. The number of nitrogens with one attached hydrogen (secondary N) is 2. The highest BCUT2D eigenvalue weighted by molar-refractivity contribution is 5.90. The summed E-state index contributed by atoms with van der Waals surface area (Å²) in [5.74, 6) is 1.35. The number of benzene rings is 2. The zero-order chi connectivity index (χ0) is 23.8. The lowest BCUT2D eigenvalue weighted by Crippen LogP contribution is -2.20. The number of rotatable bonds is 6. The van der Waals surface area contributed by atoms with Gasteiger partial charge in [0.1, 0.15) is 17.2 Å². The smallest absolute Gasteiger partial charge is 0.327 e. The Morgan fingerprint density at radius 1 is 0.971 bits per heavy atom. The van der Waals surface area contributed by atoms with Gasteiger partial charge in [0.05, 0.1) is 25.8 Å². The van der Waals surface area contributed by atoms with Gasteiger partial charge in [-0.2, -0.15) is 0 Å². The average molecular weight is 457 g/mol. The second-order valence-electron chi connectivity index (χ2n) is 8.77. The molecule has 2 aromatic heterocycles. The van der Waals surface area contributed by atoms with E-state index >= 15 is 0 Å². The number of aliphatic imine (C=N–C) groups is 1. The number of hydrogen-bond acceptors (Lipinski definition) is 6. The van der Waals surface area contributed by atoms with Crippen LogP contribution < -0.4 is 20.8 Å². The van der Waals surface area contributed by atoms with Gasteiger partial charge in [-0.3, -0.25) is 4.57 Å². The van der Waals surface area contributed by atoms with Gasteiger partial charge in [0.25, 0.3) is 0 Å². The van der Waals surface area contributed by atoms with E-state index in [-0.39, 0.29) is 5.69 Å². The fourth-order valence-electron chi connectivity index (χ4n) is 4.28. The first-order valence-corrected chi connectivity index (χ1v) is 11.1. The highest BCUT2D eigenvalue weighted by Gasteiger charge is 2.24. The predicted octanol–water partition coefficient (Wildman–Crippen LogP) is 3.35. The number of H-pyrrole nitrogens is 1. The highest BCUT2D eigenvalue weighted by Crippen LogP contribution is 2.35. The second-order valence-corrected chi connectivity index (χ2v) is 8.77. The number of aromatic nitrogens is 4. The number of hydrogen-bond donors (Lipinski definition) is 2. The second kappa shape index (κ2) is 8.58. The molecule has 174 valence electrons. The first-order valence-electron chi connectivity index (χ1n) is 11.1. The normalized spacial score (nSPS) is 12.0. The van der Waals surface area contributed by atoms with E-state index in [2.05, 4.69) is 43.4 Å². The van der Waals surface area contributed by atoms with E-state index < -0.39 is 0 Å². The zero-order valence-corrected chi connectivity index (χ0v) is 19.8. The van der Waals surface area contributed by atoms with Gasteiger partial charge >= 0.3 is 5.69 Å². The van der Waals surface area contributed by atoms with Gasteiger partial charge in [-0.25, -0.2) is 14.8 Å². The maximum Gasteiger partial charge on any atom is 0.327 e. The van der Waals surface area contributed by atoms with Crippen LogP contribution in [0.4, 0.5) is 23.0 Å². The lowest BCUT2D eigenvalue weighted by molar-refractivity contribution is 0.770. The number of fused-ring (bicyclic) bond motifs is 3. The van der Waals surface area contributed by atoms with Crippen molar-refractivity contribution in [2.24, 2.45) is 4.99 Å². The predicted molar refractivity (Wildman–Crippen MR) is 138 cm³/mol. The SMILES string of the molecule is CN(C)c1cccc(Cn2c3c([nH]c2=O)-c2ncn(Cc4ccccc4N(C)C)c2N=CN3)c1. The number of anilines is 3. The maximum atomic E-state index is 12.9. The van der Waals surface area contributed by atoms with Crippen molar-refractivity contribution in [3.05, 3.63) is 76.5 Å². The number of aromatic amines is 1. The van der Waals surface area contributed by atoms with E-state index in [0.29, 0.717) is 36.1 Å². The van der Waals surface area contributed by atoms with Crippen molar-refractivity contribution >= 4 is 29.3 Å². The minimum absolute atomic E-state index is 0.193. The molecule has 4 aromatic rings. The summed E-state index contributed by atoms with van der Waals surface area (Å²) in [6, 6.07) is 16.4. The van der Waals surface area contributed by atoms with Crippen molar-refractivity contribution in [3.8, 4) is 11.4 Å². The highest BCUT2D eigenvalue weighted by atomic mass is 16.1. The zero-order valence-electron chi connectivity index (χ0n) is 19.8. The Kier molecular flexibility index (Phi) is 5.45. The summed E-state index contributed by atoms with van der Waals surface area (Å²) in [6.45, 7) is 1.05. The molecule has 5 rings (SSSR count). The van der Waals surface area contributed by atoms with Crippen LogP contribution >= 0.6 is 0 Å². The van der Waals surface area contributed by atoms with Crippen LogP contribution in [-0.4, -0.2) is 53.6 Å². The van der Waals surface area contributed by atoms with E-state index in [1.807, 2.05) is 68.0 Å². The molecule has 0 bridgehead atoms. The van der Waals surface area contributed by atoms with Crippen LogP contribution in [0.3, 0.4) is 0 Å². The summed E-state index contributed by atoms with van der Waals surface area (Å²) in [7, 11) is 8.06.